The molecule has 0 spiro atoms. The molecule has 29 heavy (non-hydrogen) atoms. The Hall–Kier alpha value is -0.0400. The Labute approximate surface area is 183 Å². The molecule has 0 heterocycles. The van der Waals surface area contributed by atoms with E-state index >= 15 is 0 Å². The molecule has 0 radical (unpaired) electrons. The fourth-order valence-corrected chi connectivity index (χ4v) is 7.22. The molecule has 0 N–H and O–H groups in total. The van der Waals surface area contributed by atoms with Gasteiger partial charge >= 0.3 is 0 Å². The summed E-state index contributed by atoms with van der Waals surface area (Å²) in [6, 6.07) is 0. The van der Waals surface area contributed by atoms with Crippen molar-refractivity contribution in [1.82, 2.24) is 0 Å². The molecule has 0 amide bonds. The van der Waals surface area contributed by atoms with E-state index in [2.05, 4.69) is 6.92 Å². The second kappa shape index (κ2) is 12.7. The van der Waals surface area contributed by atoms with E-state index in [4.69, 9.17) is 4.74 Å². The number of methoxy groups -OCH3 is 1. The third-order valence-corrected chi connectivity index (χ3v) is 9.36. The van der Waals surface area contributed by atoms with Gasteiger partial charge in [-0.3, -0.25) is 0 Å². The molecule has 1 nitrogen and oxygen atoms in total. The minimum Gasteiger partial charge on any atom is -0.378 e. The molecule has 0 atom stereocenters. The van der Waals surface area contributed by atoms with Crippen molar-refractivity contribution in [3.8, 4) is 0 Å². The third-order valence-electron chi connectivity index (χ3n) is 9.36. The van der Waals surface area contributed by atoms with Crippen LogP contribution in [0.5, 0.6) is 0 Å². The lowest BCUT2D eigenvalue weighted by atomic mass is 9.67. The fourth-order valence-electron chi connectivity index (χ4n) is 7.22. The van der Waals surface area contributed by atoms with Crippen LogP contribution in [0.1, 0.15) is 142 Å². The van der Waals surface area contributed by atoms with Crippen LogP contribution >= 0.6 is 0 Å². The van der Waals surface area contributed by atoms with Gasteiger partial charge in [0.2, 0.25) is 0 Å². The average Bonchev–Trinajstić information content (AvgIpc) is 2.79. The Morgan fingerprint density at radius 1 is 0.621 bits per heavy atom. The van der Waals surface area contributed by atoms with Crippen LogP contribution in [0, 0.1) is 23.7 Å². The van der Waals surface area contributed by atoms with Crippen LogP contribution in [0.3, 0.4) is 0 Å². The molecule has 0 unspecified atom stereocenters. The van der Waals surface area contributed by atoms with Gasteiger partial charge < -0.3 is 4.74 Å². The van der Waals surface area contributed by atoms with Gasteiger partial charge in [0.1, 0.15) is 0 Å². The summed E-state index contributed by atoms with van der Waals surface area (Å²) < 4.78 is 6.17. The molecule has 0 bridgehead atoms. The maximum Gasteiger partial charge on any atom is 0.0706 e. The lowest BCUT2D eigenvalue weighted by Crippen LogP contribution is -2.43. The minimum atomic E-state index is 0.262. The lowest BCUT2D eigenvalue weighted by Gasteiger charge is -2.45. The van der Waals surface area contributed by atoms with Crippen molar-refractivity contribution in [2.45, 2.75) is 147 Å². The Bertz CT molecular complexity index is 408. The third kappa shape index (κ3) is 7.26. The molecule has 3 fully saturated rings. The normalized spacial score (nSPS) is 32.9. The predicted octanol–water partition coefficient (Wildman–Crippen LogP) is 9.09. The summed E-state index contributed by atoms with van der Waals surface area (Å²) in [5.74, 6) is 4.02. The molecule has 3 aliphatic rings. The van der Waals surface area contributed by atoms with Crippen molar-refractivity contribution in [3.05, 3.63) is 0 Å². The van der Waals surface area contributed by atoms with Gasteiger partial charge in [0.15, 0.2) is 0 Å². The van der Waals surface area contributed by atoms with Crippen LogP contribution < -0.4 is 0 Å². The Morgan fingerprint density at radius 3 is 1.69 bits per heavy atom. The van der Waals surface area contributed by atoms with E-state index in [1.54, 1.807) is 25.7 Å². The molecule has 0 aliphatic heterocycles. The van der Waals surface area contributed by atoms with E-state index in [0.717, 1.165) is 23.7 Å². The number of hydrogen-bond acceptors (Lipinski definition) is 1. The molecule has 0 saturated heterocycles. The standard InChI is InChI=1S/C28H52O/c1-3-4-5-6-8-11-24-12-14-25(15-13-24)16-17-26-18-20-27(21-19-26)28(29-2)22-9-7-10-23-28/h24-27H,3-23H2,1-2H3/t24-,25-,26-,27-. The van der Waals surface area contributed by atoms with Crippen molar-refractivity contribution >= 4 is 0 Å². The van der Waals surface area contributed by atoms with Crippen LogP contribution in [0.2, 0.25) is 0 Å². The zero-order valence-electron chi connectivity index (χ0n) is 20.1. The summed E-state index contributed by atoms with van der Waals surface area (Å²) in [5.41, 5.74) is 0.262. The van der Waals surface area contributed by atoms with Crippen LogP contribution in [-0.4, -0.2) is 12.7 Å². The van der Waals surface area contributed by atoms with Gasteiger partial charge in [0, 0.05) is 7.11 Å². The minimum absolute atomic E-state index is 0.262. The zero-order valence-corrected chi connectivity index (χ0v) is 20.1. The summed E-state index contributed by atoms with van der Waals surface area (Å²) in [4.78, 5) is 0. The Kier molecular flexibility index (Phi) is 10.4. The molecular weight excluding hydrogens is 352 g/mol. The molecule has 3 rings (SSSR count). The maximum atomic E-state index is 6.17. The van der Waals surface area contributed by atoms with Crippen LogP contribution in [0.4, 0.5) is 0 Å². The summed E-state index contributed by atoms with van der Waals surface area (Å²) in [5, 5.41) is 0. The lowest BCUT2D eigenvalue weighted by molar-refractivity contribution is -0.0972. The fraction of sp³-hybridized carbons (Fsp3) is 1.00. The van der Waals surface area contributed by atoms with E-state index in [-0.39, 0.29) is 5.60 Å². The maximum absolute atomic E-state index is 6.17. The summed E-state index contributed by atoms with van der Waals surface area (Å²) >= 11 is 0. The van der Waals surface area contributed by atoms with E-state index in [9.17, 15) is 0 Å². The van der Waals surface area contributed by atoms with Crippen LogP contribution in [0.15, 0.2) is 0 Å². The number of unbranched alkanes of at least 4 members (excludes halogenated alkanes) is 4. The highest BCUT2D eigenvalue weighted by Crippen LogP contribution is 2.46. The molecule has 0 aromatic heterocycles. The smallest absolute Gasteiger partial charge is 0.0706 e. The summed E-state index contributed by atoms with van der Waals surface area (Å²) in [7, 11) is 2.00. The Balaban J connectivity index is 1.26. The second-order valence-corrected chi connectivity index (χ2v) is 11.2. The highest BCUT2D eigenvalue weighted by Gasteiger charge is 2.41. The topological polar surface area (TPSA) is 9.23 Å². The molecule has 0 aromatic carbocycles. The number of rotatable bonds is 11. The highest BCUT2D eigenvalue weighted by molar-refractivity contribution is 4.93. The largest absolute Gasteiger partial charge is 0.378 e. The van der Waals surface area contributed by atoms with E-state index in [1.165, 1.54) is 109 Å². The van der Waals surface area contributed by atoms with Crippen LogP contribution in [0.25, 0.3) is 0 Å². The Morgan fingerprint density at radius 2 is 1.14 bits per heavy atom. The zero-order chi connectivity index (χ0) is 20.4. The van der Waals surface area contributed by atoms with E-state index in [1.807, 2.05) is 7.11 Å². The van der Waals surface area contributed by atoms with E-state index in [0.29, 0.717) is 0 Å². The molecular formula is C28H52O. The van der Waals surface area contributed by atoms with Gasteiger partial charge in [-0.15, -0.1) is 0 Å². The van der Waals surface area contributed by atoms with Gasteiger partial charge in [-0.05, 0) is 49.4 Å². The van der Waals surface area contributed by atoms with Gasteiger partial charge in [-0.1, -0.05) is 116 Å². The van der Waals surface area contributed by atoms with Crippen molar-refractivity contribution in [3.63, 3.8) is 0 Å². The first-order valence-corrected chi connectivity index (χ1v) is 13.8. The molecule has 1 heteroatoms. The number of ether oxygens (including phenoxy) is 1. The van der Waals surface area contributed by atoms with Crippen molar-refractivity contribution in [2.24, 2.45) is 23.7 Å². The molecule has 3 aliphatic carbocycles. The van der Waals surface area contributed by atoms with Gasteiger partial charge in [-0.2, -0.15) is 0 Å². The SMILES string of the molecule is CCCCCCC[C@H]1CC[C@H](CC[C@H]2CC[C@H](C3(OC)CCCCC3)CC2)CC1. The van der Waals surface area contributed by atoms with Crippen molar-refractivity contribution < 1.29 is 4.74 Å². The molecule has 170 valence electrons. The highest BCUT2D eigenvalue weighted by atomic mass is 16.5. The monoisotopic (exact) mass is 404 g/mol. The van der Waals surface area contributed by atoms with Gasteiger partial charge in [-0.25, -0.2) is 0 Å². The van der Waals surface area contributed by atoms with Crippen LogP contribution in [-0.2, 0) is 4.74 Å². The average molecular weight is 405 g/mol. The first-order valence-electron chi connectivity index (χ1n) is 13.8. The van der Waals surface area contributed by atoms with E-state index < -0.39 is 0 Å². The van der Waals surface area contributed by atoms with Crippen molar-refractivity contribution in [2.75, 3.05) is 7.11 Å². The molecule has 3 saturated carbocycles. The van der Waals surface area contributed by atoms with Gasteiger partial charge in [0.25, 0.3) is 0 Å². The summed E-state index contributed by atoms with van der Waals surface area (Å²) in [6.07, 6.45) is 30.8. The quantitative estimate of drug-likeness (QED) is 0.312. The first kappa shape index (κ1) is 23.6. The van der Waals surface area contributed by atoms with Crippen molar-refractivity contribution in [1.29, 1.82) is 0 Å². The first-order chi connectivity index (χ1) is 14.3. The number of hydrogen-bond donors (Lipinski definition) is 0. The van der Waals surface area contributed by atoms with Gasteiger partial charge in [0.05, 0.1) is 5.60 Å². The second-order valence-electron chi connectivity index (χ2n) is 11.2. The summed E-state index contributed by atoms with van der Waals surface area (Å²) in [6.45, 7) is 2.32. The predicted molar refractivity (Wildman–Crippen MR) is 126 cm³/mol. The molecule has 0 aromatic rings.